The Balaban J connectivity index is 2.01. The molecule has 4 atom stereocenters. The molecule has 1 amide bonds. The molecule has 11 heteroatoms. The maximum Gasteiger partial charge on any atom is 0.247 e. The van der Waals surface area contributed by atoms with Crippen LogP contribution in [0.3, 0.4) is 0 Å². The number of hydrogen-bond acceptors (Lipinski definition) is 9. The third-order valence-electron chi connectivity index (χ3n) is 4.68. The van der Waals surface area contributed by atoms with Crippen LogP contribution in [0, 0.1) is 5.92 Å². The highest BCUT2D eigenvalue weighted by Gasteiger charge is 2.44. The summed E-state index contributed by atoms with van der Waals surface area (Å²) >= 11 is 0. The summed E-state index contributed by atoms with van der Waals surface area (Å²) < 4.78 is 12.7. The van der Waals surface area contributed by atoms with Crippen molar-refractivity contribution in [2.24, 2.45) is 5.92 Å². The third kappa shape index (κ3) is 4.32. The smallest absolute Gasteiger partial charge is 0.247 e. The molecule has 3 heterocycles. The molecule has 1 saturated heterocycles. The molecular weight excluding hydrogens is 382 g/mol. The topological polar surface area (TPSA) is 152 Å². The van der Waals surface area contributed by atoms with Gasteiger partial charge in [0.25, 0.3) is 0 Å². The summed E-state index contributed by atoms with van der Waals surface area (Å²) in [4.78, 5) is 25.0. The van der Waals surface area contributed by atoms with Crippen molar-refractivity contribution in [3.63, 3.8) is 0 Å². The molecule has 11 nitrogen and oxygen atoms in total. The Morgan fingerprint density at radius 3 is 2.72 bits per heavy atom. The van der Waals surface area contributed by atoms with Crippen LogP contribution in [0.15, 0.2) is 6.33 Å². The van der Waals surface area contributed by atoms with Gasteiger partial charge in [-0.1, -0.05) is 27.2 Å². The number of unbranched alkanes of at least 4 members (excludes halogenated alkanes) is 1. The van der Waals surface area contributed by atoms with Crippen LogP contribution in [-0.4, -0.2) is 72.3 Å². The molecule has 0 aliphatic carbocycles. The van der Waals surface area contributed by atoms with E-state index in [1.54, 1.807) is 13.8 Å². The van der Waals surface area contributed by atoms with Gasteiger partial charge in [-0.25, -0.2) is 4.98 Å². The molecule has 0 radical (unpaired) electrons. The van der Waals surface area contributed by atoms with Crippen molar-refractivity contribution < 1.29 is 29.6 Å². The van der Waals surface area contributed by atoms with Crippen LogP contribution >= 0.6 is 0 Å². The monoisotopic (exact) mass is 409 g/mol. The minimum Gasteiger partial charge on any atom is -0.476 e. The predicted octanol–water partition coefficient (Wildman–Crippen LogP) is 0.211. The molecule has 29 heavy (non-hydrogen) atoms. The quantitative estimate of drug-likeness (QED) is 0.448. The van der Waals surface area contributed by atoms with E-state index in [0.29, 0.717) is 12.1 Å². The molecule has 0 spiro atoms. The highest BCUT2D eigenvalue weighted by molar-refractivity contribution is 5.91. The Labute approximate surface area is 167 Å². The number of aliphatic hydroxyl groups excluding tert-OH is 3. The lowest BCUT2D eigenvalue weighted by atomic mass is 10.1. The van der Waals surface area contributed by atoms with Crippen molar-refractivity contribution in [2.75, 3.05) is 18.5 Å². The van der Waals surface area contributed by atoms with E-state index >= 15 is 0 Å². The van der Waals surface area contributed by atoms with Crippen molar-refractivity contribution in [3.8, 4) is 5.88 Å². The van der Waals surface area contributed by atoms with E-state index < -0.39 is 31.1 Å². The number of nitrogens with one attached hydrogen (secondary N) is 1. The zero-order chi connectivity index (χ0) is 21.1. The van der Waals surface area contributed by atoms with Gasteiger partial charge in [-0.15, -0.1) is 0 Å². The summed E-state index contributed by atoms with van der Waals surface area (Å²) in [6.45, 7) is 5.49. The summed E-state index contributed by atoms with van der Waals surface area (Å²) in [6.07, 6.45) is -1.37. The van der Waals surface area contributed by atoms with Gasteiger partial charge in [-0.05, 0) is 6.42 Å². The van der Waals surface area contributed by atoms with Gasteiger partial charge >= 0.3 is 0 Å². The second-order valence-electron chi connectivity index (χ2n) is 7.25. The Morgan fingerprint density at radius 2 is 2.10 bits per heavy atom. The molecule has 160 valence electrons. The van der Waals surface area contributed by atoms with E-state index in [9.17, 15) is 20.1 Å². The summed E-state index contributed by atoms with van der Waals surface area (Å²) in [7, 11) is 0. The molecule has 0 unspecified atom stereocenters. The number of carbonyl (C=O) groups is 1. The van der Waals surface area contributed by atoms with Gasteiger partial charge in [-0.3, -0.25) is 14.7 Å². The van der Waals surface area contributed by atoms with Crippen molar-refractivity contribution in [2.45, 2.75) is 58.2 Å². The number of amides is 1. The highest BCUT2D eigenvalue weighted by atomic mass is 16.6. The lowest BCUT2D eigenvalue weighted by Gasteiger charge is -2.17. The van der Waals surface area contributed by atoms with Crippen LogP contribution < -0.4 is 10.1 Å². The maximum atomic E-state index is 12.1. The molecule has 1 aliphatic heterocycles. The van der Waals surface area contributed by atoms with Gasteiger partial charge in [0.1, 0.15) is 18.3 Å². The Bertz CT molecular complexity index is 857. The molecule has 0 aromatic carbocycles. The Morgan fingerprint density at radius 1 is 1.34 bits per heavy atom. The molecule has 0 bridgehead atoms. The van der Waals surface area contributed by atoms with Crippen LogP contribution in [0.5, 0.6) is 5.88 Å². The van der Waals surface area contributed by atoms with Gasteiger partial charge in [0, 0.05) is 5.92 Å². The van der Waals surface area contributed by atoms with Gasteiger partial charge in [0.2, 0.25) is 17.7 Å². The van der Waals surface area contributed by atoms with Crippen LogP contribution in [0.2, 0.25) is 0 Å². The number of hydrogen-bond donors (Lipinski definition) is 4. The van der Waals surface area contributed by atoms with Crippen LogP contribution in [-0.2, 0) is 9.53 Å². The summed E-state index contributed by atoms with van der Waals surface area (Å²) in [6, 6.07) is 0. The van der Waals surface area contributed by atoms with E-state index in [-0.39, 0.29) is 29.3 Å². The second kappa shape index (κ2) is 8.99. The van der Waals surface area contributed by atoms with Crippen molar-refractivity contribution in [1.29, 1.82) is 0 Å². The lowest BCUT2D eigenvalue weighted by molar-refractivity contribution is -0.118. The normalized spacial score (nSPS) is 24.4. The zero-order valence-electron chi connectivity index (χ0n) is 16.6. The predicted molar refractivity (Wildman–Crippen MR) is 102 cm³/mol. The lowest BCUT2D eigenvalue weighted by Crippen LogP contribution is -2.33. The SMILES string of the molecule is CCCCOc1nc(NC(=O)C(C)C)nc2c1ncn2[C@@H]1O[C@H](CO)[C@@H](O)[C@H]1O. The van der Waals surface area contributed by atoms with E-state index in [0.717, 1.165) is 12.8 Å². The fourth-order valence-electron chi connectivity index (χ4n) is 2.91. The Kier molecular flexibility index (Phi) is 6.63. The number of rotatable bonds is 8. The maximum absolute atomic E-state index is 12.1. The molecule has 2 aromatic rings. The first-order valence-electron chi connectivity index (χ1n) is 9.68. The summed E-state index contributed by atoms with van der Waals surface area (Å²) in [5.74, 6) is -0.295. The number of carbonyl (C=O) groups excluding carboxylic acids is 1. The van der Waals surface area contributed by atoms with Gasteiger partial charge in [0.05, 0.1) is 19.5 Å². The number of anilines is 1. The summed E-state index contributed by atoms with van der Waals surface area (Å²) in [5, 5.41) is 32.4. The van der Waals surface area contributed by atoms with Crippen molar-refractivity contribution in [1.82, 2.24) is 19.5 Å². The zero-order valence-corrected chi connectivity index (χ0v) is 16.6. The van der Waals surface area contributed by atoms with Gasteiger partial charge < -0.3 is 24.8 Å². The molecule has 1 aliphatic rings. The molecule has 2 aromatic heterocycles. The molecule has 3 rings (SSSR count). The number of fused-ring (bicyclic) bond motifs is 1. The van der Waals surface area contributed by atoms with Crippen molar-refractivity contribution in [3.05, 3.63) is 6.33 Å². The standard InChI is InChI=1S/C18H27N5O6/c1-4-5-6-28-16-11-14(20-18(22-16)21-15(27)9(2)3)23(8-19-11)17-13(26)12(25)10(7-24)29-17/h8-10,12-13,17,24-26H,4-7H2,1-3H3,(H,20,21,22,27)/t10-,12-,13-,17-/m1/s1. The second-order valence-corrected chi connectivity index (χ2v) is 7.25. The first-order valence-corrected chi connectivity index (χ1v) is 9.68. The van der Waals surface area contributed by atoms with E-state index in [4.69, 9.17) is 9.47 Å². The average molecular weight is 409 g/mol. The first kappa shape index (κ1) is 21.4. The number of imidazole rings is 1. The molecule has 0 saturated carbocycles. The van der Waals surface area contributed by atoms with Gasteiger partial charge in [-0.2, -0.15) is 9.97 Å². The van der Waals surface area contributed by atoms with Crippen LogP contribution in [0.4, 0.5) is 5.95 Å². The van der Waals surface area contributed by atoms with Crippen LogP contribution in [0.1, 0.15) is 39.8 Å². The van der Waals surface area contributed by atoms with Crippen molar-refractivity contribution >= 4 is 23.0 Å². The van der Waals surface area contributed by atoms with E-state index in [2.05, 4.69) is 20.3 Å². The number of aliphatic hydroxyl groups is 3. The van der Waals surface area contributed by atoms with E-state index in [1.807, 2.05) is 6.92 Å². The number of aromatic nitrogens is 4. The average Bonchev–Trinajstić information content (AvgIpc) is 3.23. The number of ether oxygens (including phenoxy) is 2. The fraction of sp³-hybridized carbons (Fsp3) is 0.667. The first-order chi connectivity index (χ1) is 13.9. The Hall–Kier alpha value is -2.34. The van der Waals surface area contributed by atoms with E-state index in [1.165, 1.54) is 10.9 Å². The third-order valence-corrected chi connectivity index (χ3v) is 4.68. The molecule has 4 N–H and O–H groups in total. The summed E-state index contributed by atoms with van der Waals surface area (Å²) in [5.41, 5.74) is 0.599. The minimum atomic E-state index is -1.29. The van der Waals surface area contributed by atoms with Crippen LogP contribution in [0.25, 0.3) is 11.2 Å². The minimum absolute atomic E-state index is 0.0381. The highest BCUT2D eigenvalue weighted by Crippen LogP contribution is 2.33. The molecular formula is C18H27N5O6. The molecule has 1 fully saturated rings. The number of nitrogens with zero attached hydrogens (tertiary/aromatic N) is 4. The van der Waals surface area contributed by atoms with Gasteiger partial charge in [0.15, 0.2) is 17.4 Å². The fourth-order valence-corrected chi connectivity index (χ4v) is 2.91. The largest absolute Gasteiger partial charge is 0.476 e.